The van der Waals surface area contributed by atoms with Crippen LogP contribution in [0.2, 0.25) is 0 Å². The Balaban J connectivity index is 1.47. The minimum Gasteiger partial charge on any atom is -0.347 e. The van der Waals surface area contributed by atoms with E-state index in [0.717, 1.165) is 0 Å². The van der Waals surface area contributed by atoms with Crippen molar-refractivity contribution in [3.8, 4) is 11.4 Å². The van der Waals surface area contributed by atoms with Gasteiger partial charge in [-0.2, -0.15) is 4.98 Å². The molecule has 7 nitrogen and oxygen atoms in total. The van der Waals surface area contributed by atoms with Crippen LogP contribution in [0.25, 0.3) is 11.4 Å². The van der Waals surface area contributed by atoms with Crippen molar-refractivity contribution in [1.82, 2.24) is 20.4 Å². The number of hydrogen-bond acceptors (Lipinski definition) is 6. The summed E-state index contributed by atoms with van der Waals surface area (Å²) in [6, 6.07) is 8.99. The van der Waals surface area contributed by atoms with Crippen LogP contribution in [0, 0.1) is 5.82 Å². The molecule has 0 radical (unpaired) electrons. The third-order valence-corrected chi connectivity index (χ3v) is 3.57. The van der Waals surface area contributed by atoms with Crippen molar-refractivity contribution >= 4 is 11.7 Å². The van der Waals surface area contributed by atoms with E-state index in [0.29, 0.717) is 17.0 Å². The molecule has 3 aromatic rings. The molecule has 0 bridgehead atoms. The molecule has 26 heavy (non-hydrogen) atoms. The molecule has 1 N–H and O–H groups in total. The van der Waals surface area contributed by atoms with Crippen LogP contribution in [0.4, 0.5) is 4.39 Å². The summed E-state index contributed by atoms with van der Waals surface area (Å²) < 4.78 is 18.0. The number of ketones is 1. The predicted octanol–water partition coefficient (Wildman–Crippen LogP) is 2.55. The van der Waals surface area contributed by atoms with Gasteiger partial charge in [0.2, 0.25) is 17.6 Å². The molecule has 0 saturated heterocycles. The first kappa shape index (κ1) is 17.4. The van der Waals surface area contributed by atoms with Crippen LogP contribution in [-0.2, 0) is 11.3 Å². The van der Waals surface area contributed by atoms with Gasteiger partial charge in [0.05, 0.1) is 6.54 Å². The average Bonchev–Trinajstić information content (AvgIpc) is 3.14. The number of amides is 1. The summed E-state index contributed by atoms with van der Waals surface area (Å²) in [5.74, 6) is -0.281. The number of nitrogens with zero attached hydrogens (tertiary/aromatic N) is 3. The molecule has 0 atom stereocenters. The summed E-state index contributed by atoms with van der Waals surface area (Å²) in [7, 11) is 0. The number of carbonyl (C=O) groups excluding carboxylic acids is 2. The zero-order valence-corrected chi connectivity index (χ0v) is 13.7. The molecule has 2 heterocycles. The van der Waals surface area contributed by atoms with Crippen molar-refractivity contribution in [2.75, 3.05) is 0 Å². The van der Waals surface area contributed by atoms with Crippen LogP contribution >= 0.6 is 0 Å². The lowest BCUT2D eigenvalue weighted by atomic mass is 10.1. The number of aromatic nitrogens is 3. The molecule has 0 aliphatic heterocycles. The van der Waals surface area contributed by atoms with Crippen LogP contribution in [-0.4, -0.2) is 26.8 Å². The second-order valence-corrected chi connectivity index (χ2v) is 5.46. The zero-order valence-electron chi connectivity index (χ0n) is 13.7. The molecular weight excluding hydrogens is 339 g/mol. The molecule has 0 unspecified atom stereocenters. The maximum Gasteiger partial charge on any atom is 0.246 e. The van der Waals surface area contributed by atoms with Crippen molar-refractivity contribution in [2.24, 2.45) is 0 Å². The molecule has 132 valence electrons. The lowest BCUT2D eigenvalue weighted by Gasteiger charge is -2.02. The molecule has 0 saturated carbocycles. The van der Waals surface area contributed by atoms with E-state index in [9.17, 15) is 14.0 Å². The fourth-order valence-electron chi connectivity index (χ4n) is 2.20. The van der Waals surface area contributed by atoms with Crippen molar-refractivity contribution in [3.05, 3.63) is 66.1 Å². The Hall–Kier alpha value is -3.42. The van der Waals surface area contributed by atoms with Gasteiger partial charge in [0.1, 0.15) is 5.82 Å². The standard InChI is InChI=1S/C18H15FN4O3/c19-14-5-3-12(4-6-14)18-22-17(26-23-18)11-21-16(25)8-7-15(24)13-2-1-9-20-10-13/h1-6,9-10H,7-8,11H2,(H,21,25). The van der Waals surface area contributed by atoms with Gasteiger partial charge in [-0.05, 0) is 36.4 Å². The number of halogens is 1. The summed E-state index contributed by atoms with van der Waals surface area (Å²) in [6.45, 7) is 0.0497. The smallest absolute Gasteiger partial charge is 0.246 e. The molecule has 8 heteroatoms. The summed E-state index contributed by atoms with van der Waals surface area (Å²) in [4.78, 5) is 31.8. The van der Waals surface area contributed by atoms with E-state index in [4.69, 9.17) is 4.52 Å². The van der Waals surface area contributed by atoms with Crippen LogP contribution in [0.5, 0.6) is 0 Å². The van der Waals surface area contributed by atoms with Gasteiger partial charge in [-0.15, -0.1) is 0 Å². The first-order valence-corrected chi connectivity index (χ1v) is 7.90. The van der Waals surface area contributed by atoms with Gasteiger partial charge in [-0.1, -0.05) is 5.16 Å². The highest BCUT2D eigenvalue weighted by Crippen LogP contribution is 2.16. The highest BCUT2D eigenvalue weighted by Gasteiger charge is 2.12. The van der Waals surface area contributed by atoms with Crippen LogP contribution < -0.4 is 5.32 Å². The van der Waals surface area contributed by atoms with Gasteiger partial charge in [0.25, 0.3) is 0 Å². The monoisotopic (exact) mass is 354 g/mol. The van der Waals surface area contributed by atoms with Crippen molar-refractivity contribution in [3.63, 3.8) is 0 Å². The molecule has 1 aromatic carbocycles. The maximum absolute atomic E-state index is 12.9. The predicted molar refractivity (Wildman–Crippen MR) is 89.3 cm³/mol. The first-order chi connectivity index (χ1) is 12.6. The highest BCUT2D eigenvalue weighted by atomic mass is 19.1. The Kier molecular flexibility index (Phi) is 5.43. The quantitative estimate of drug-likeness (QED) is 0.655. The Morgan fingerprint density at radius 3 is 2.65 bits per heavy atom. The maximum atomic E-state index is 12.9. The Bertz CT molecular complexity index is 894. The molecule has 3 rings (SSSR count). The molecule has 0 spiro atoms. The van der Waals surface area contributed by atoms with E-state index < -0.39 is 0 Å². The van der Waals surface area contributed by atoms with Crippen molar-refractivity contribution < 1.29 is 18.5 Å². The Labute approximate surface area is 148 Å². The summed E-state index contributed by atoms with van der Waals surface area (Å²) >= 11 is 0. The number of carbonyl (C=O) groups is 2. The Morgan fingerprint density at radius 2 is 1.92 bits per heavy atom. The lowest BCUT2D eigenvalue weighted by molar-refractivity contribution is -0.121. The largest absolute Gasteiger partial charge is 0.347 e. The van der Waals surface area contributed by atoms with Crippen LogP contribution in [0.3, 0.4) is 0 Å². The molecular formula is C18H15FN4O3. The van der Waals surface area contributed by atoms with Gasteiger partial charge in [0, 0.05) is 36.4 Å². The van der Waals surface area contributed by atoms with E-state index in [2.05, 4.69) is 20.4 Å². The topological polar surface area (TPSA) is 98.0 Å². The van der Waals surface area contributed by atoms with Gasteiger partial charge in [-0.3, -0.25) is 14.6 Å². The first-order valence-electron chi connectivity index (χ1n) is 7.90. The van der Waals surface area contributed by atoms with Crippen molar-refractivity contribution in [1.29, 1.82) is 0 Å². The number of pyridine rings is 1. The summed E-state index contributed by atoms with van der Waals surface area (Å²) in [5, 5.41) is 6.40. The van der Waals surface area contributed by atoms with Gasteiger partial charge in [-0.25, -0.2) is 4.39 Å². The van der Waals surface area contributed by atoms with E-state index in [1.54, 1.807) is 18.3 Å². The minimum absolute atomic E-state index is 0.0483. The zero-order chi connectivity index (χ0) is 18.4. The third-order valence-electron chi connectivity index (χ3n) is 3.57. The normalized spacial score (nSPS) is 10.5. The Morgan fingerprint density at radius 1 is 1.12 bits per heavy atom. The van der Waals surface area contributed by atoms with Crippen LogP contribution in [0.15, 0.2) is 53.3 Å². The number of Topliss-reactive ketones (excluding diaryl/α,β-unsaturated/α-hetero) is 1. The van der Waals surface area contributed by atoms with E-state index in [1.807, 2.05) is 0 Å². The fraction of sp³-hybridized carbons (Fsp3) is 0.167. The van der Waals surface area contributed by atoms with E-state index >= 15 is 0 Å². The minimum atomic E-state index is -0.356. The number of nitrogens with one attached hydrogen (secondary N) is 1. The highest BCUT2D eigenvalue weighted by molar-refractivity contribution is 5.97. The molecule has 1 amide bonds. The second-order valence-electron chi connectivity index (χ2n) is 5.46. The molecule has 0 aliphatic carbocycles. The SMILES string of the molecule is O=C(CCC(=O)c1cccnc1)NCc1nc(-c2ccc(F)cc2)no1. The summed E-state index contributed by atoms with van der Waals surface area (Å²) in [5.41, 5.74) is 1.08. The molecule has 2 aromatic heterocycles. The number of rotatable bonds is 7. The third kappa shape index (κ3) is 4.56. The number of benzene rings is 1. The molecule has 0 aliphatic rings. The lowest BCUT2D eigenvalue weighted by Crippen LogP contribution is -2.23. The second kappa shape index (κ2) is 8.11. The van der Waals surface area contributed by atoms with Gasteiger partial charge in [0.15, 0.2) is 5.78 Å². The summed E-state index contributed by atoms with van der Waals surface area (Å²) in [6.07, 6.45) is 3.18. The van der Waals surface area contributed by atoms with Gasteiger partial charge < -0.3 is 9.84 Å². The van der Waals surface area contributed by atoms with Crippen molar-refractivity contribution in [2.45, 2.75) is 19.4 Å². The number of hydrogen-bond donors (Lipinski definition) is 1. The molecule has 0 fully saturated rings. The van der Waals surface area contributed by atoms with E-state index in [1.165, 1.54) is 30.5 Å². The van der Waals surface area contributed by atoms with Crippen LogP contribution in [0.1, 0.15) is 29.1 Å². The average molecular weight is 354 g/mol. The van der Waals surface area contributed by atoms with E-state index in [-0.39, 0.29) is 42.8 Å². The van der Waals surface area contributed by atoms with Gasteiger partial charge >= 0.3 is 0 Å². The fourth-order valence-corrected chi connectivity index (χ4v) is 2.20.